The van der Waals surface area contributed by atoms with Crippen LogP contribution in [-0.2, 0) is 9.59 Å². The van der Waals surface area contributed by atoms with Crippen molar-refractivity contribution in [3.8, 4) is 0 Å². The Morgan fingerprint density at radius 3 is 2.44 bits per heavy atom. The summed E-state index contributed by atoms with van der Waals surface area (Å²) in [5, 5.41) is 9.09. The minimum absolute atomic E-state index is 0.0809. The van der Waals surface area contributed by atoms with E-state index >= 15 is 0 Å². The van der Waals surface area contributed by atoms with Crippen LogP contribution in [0.5, 0.6) is 0 Å². The Bertz CT molecular complexity index is 416. The largest absolute Gasteiger partial charge is 0.480 e. The predicted molar refractivity (Wildman–Crippen MR) is 58.0 cm³/mol. The zero-order valence-corrected chi connectivity index (χ0v) is 8.96. The fraction of sp³-hybridized carbons (Fsp3) is 0.333. The Morgan fingerprint density at radius 1 is 1.31 bits per heavy atom. The minimum atomic E-state index is -0.935. The Kier molecular flexibility index (Phi) is 2.64. The van der Waals surface area contributed by atoms with Crippen molar-refractivity contribution < 1.29 is 14.7 Å². The molecule has 1 amide bonds. The van der Waals surface area contributed by atoms with Gasteiger partial charge >= 0.3 is 5.97 Å². The number of carbonyl (C=O) groups excluding carboxylic acids is 1. The van der Waals surface area contributed by atoms with E-state index in [2.05, 4.69) is 0 Å². The van der Waals surface area contributed by atoms with Gasteiger partial charge in [-0.1, -0.05) is 30.3 Å². The summed E-state index contributed by atoms with van der Waals surface area (Å²) in [4.78, 5) is 23.7. The van der Waals surface area contributed by atoms with Gasteiger partial charge < -0.3 is 10.0 Å². The molecule has 2 atom stereocenters. The van der Waals surface area contributed by atoms with Crippen molar-refractivity contribution in [3.05, 3.63) is 35.9 Å². The van der Waals surface area contributed by atoms with Crippen LogP contribution in [0.15, 0.2) is 30.3 Å². The molecule has 1 aliphatic heterocycles. The van der Waals surface area contributed by atoms with E-state index in [1.165, 1.54) is 11.8 Å². The van der Waals surface area contributed by atoms with Gasteiger partial charge in [0.2, 0.25) is 5.91 Å². The molecule has 4 heteroatoms. The van der Waals surface area contributed by atoms with Crippen LogP contribution in [0.3, 0.4) is 0 Å². The lowest BCUT2D eigenvalue weighted by Gasteiger charge is -2.45. The summed E-state index contributed by atoms with van der Waals surface area (Å²) in [6.45, 7) is 1.90. The SMILES string of the molecule is CC(=O)N1C[C@H](c2ccccc2)[C@H]1C(=O)O. The van der Waals surface area contributed by atoms with Gasteiger partial charge in [0.1, 0.15) is 6.04 Å². The summed E-state index contributed by atoms with van der Waals surface area (Å²) in [5.41, 5.74) is 0.979. The summed E-state index contributed by atoms with van der Waals surface area (Å²) in [6.07, 6.45) is 0. The highest BCUT2D eigenvalue weighted by molar-refractivity contribution is 5.85. The first-order chi connectivity index (χ1) is 7.61. The number of carboxylic acid groups (broad SMARTS) is 1. The van der Waals surface area contributed by atoms with Gasteiger partial charge in [-0.05, 0) is 5.56 Å². The normalized spacial score (nSPS) is 23.7. The lowest BCUT2D eigenvalue weighted by molar-refractivity contribution is -0.158. The van der Waals surface area contributed by atoms with Gasteiger partial charge in [0, 0.05) is 19.4 Å². The van der Waals surface area contributed by atoms with Crippen LogP contribution in [0.2, 0.25) is 0 Å². The van der Waals surface area contributed by atoms with Gasteiger partial charge in [0.25, 0.3) is 0 Å². The lowest BCUT2D eigenvalue weighted by atomic mass is 9.82. The van der Waals surface area contributed by atoms with Gasteiger partial charge in [-0.2, -0.15) is 0 Å². The molecule has 1 aromatic rings. The Morgan fingerprint density at radius 2 is 1.94 bits per heavy atom. The third-order valence-electron chi connectivity index (χ3n) is 3.00. The van der Waals surface area contributed by atoms with Crippen molar-refractivity contribution in [1.82, 2.24) is 4.90 Å². The van der Waals surface area contributed by atoms with Gasteiger partial charge in [-0.25, -0.2) is 4.79 Å². The third-order valence-corrected chi connectivity index (χ3v) is 3.00. The first kappa shape index (κ1) is 10.7. The summed E-state index contributed by atoms with van der Waals surface area (Å²) in [7, 11) is 0. The third kappa shape index (κ3) is 1.66. The number of hydrogen-bond donors (Lipinski definition) is 1. The summed E-state index contributed by atoms with van der Waals surface area (Å²) in [5.74, 6) is -1.20. The maximum atomic E-state index is 11.2. The standard InChI is InChI=1S/C12H13NO3/c1-8(14)13-7-10(11(13)12(15)16)9-5-3-2-4-6-9/h2-6,10-11H,7H2,1H3,(H,15,16)/t10-,11+/m1/s1. The van der Waals surface area contributed by atoms with Crippen LogP contribution in [0.25, 0.3) is 0 Å². The fourth-order valence-corrected chi connectivity index (χ4v) is 2.12. The molecule has 1 fully saturated rings. The number of aliphatic carboxylic acids is 1. The molecule has 0 radical (unpaired) electrons. The van der Waals surface area contributed by atoms with E-state index in [-0.39, 0.29) is 11.8 Å². The fourth-order valence-electron chi connectivity index (χ4n) is 2.12. The molecule has 0 spiro atoms. The average molecular weight is 219 g/mol. The Labute approximate surface area is 93.5 Å². The second-order valence-corrected chi connectivity index (χ2v) is 3.97. The molecule has 0 aliphatic carbocycles. The summed E-state index contributed by atoms with van der Waals surface area (Å²) in [6, 6.07) is 8.74. The second-order valence-electron chi connectivity index (χ2n) is 3.97. The number of benzene rings is 1. The second kappa shape index (κ2) is 3.96. The highest BCUT2D eigenvalue weighted by atomic mass is 16.4. The number of hydrogen-bond acceptors (Lipinski definition) is 2. The quantitative estimate of drug-likeness (QED) is 0.809. The molecule has 4 nitrogen and oxygen atoms in total. The van der Waals surface area contributed by atoms with Crippen LogP contribution >= 0.6 is 0 Å². The van der Waals surface area contributed by atoms with E-state index in [4.69, 9.17) is 5.11 Å². The number of amides is 1. The van der Waals surface area contributed by atoms with Crippen LogP contribution in [0, 0.1) is 0 Å². The molecule has 84 valence electrons. The molecule has 1 aromatic carbocycles. The smallest absolute Gasteiger partial charge is 0.327 e. The van der Waals surface area contributed by atoms with Crippen molar-refractivity contribution in [2.45, 2.75) is 18.9 Å². The number of carboxylic acids is 1. The van der Waals surface area contributed by atoms with Gasteiger partial charge in [-0.15, -0.1) is 0 Å². The topological polar surface area (TPSA) is 57.6 Å². The molecule has 2 rings (SSSR count). The average Bonchev–Trinajstić information content (AvgIpc) is 2.16. The zero-order chi connectivity index (χ0) is 11.7. The highest BCUT2D eigenvalue weighted by Crippen LogP contribution is 2.34. The van der Waals surface area contributed by atoms with Gasteiger partial charge in [0.15, 0.2) is 0 Å². The van der Waals surface area contributed by atoms with E-state index in [1.807, 2.05) is 30.3 Å². The minimum Gasteiger partial charge on any atom is -0.480 e. The number of nitrogens with zero attached hydrogens (tertiary/aromatic N) is 1. The summed E-state index contributed by atoms with van der Waals surface area (Å²) < 4.78 is 0. The van der Waals surface area contributed by atoms with E-state index < -0.39 is 12.0 Å². The lowest BCUT2D eigenvalue weighted by Crippen LogP contribution is -2.60. The molecule has 1 N–H and O–H groups in total. The van der Waals surface area contributed by atoms with Crippen molar-refractivity contribution >= 4 is 11.9 Å². The molecule has 0 aromatic heterocycles. The van der Waals surface area contributed by atoms with Gasteiger partial charge in [0.05, 0.1) is 0 Å². The van der Waals surface area contributed by atoms with E-state index in [0.717, 1.165) is 5.56 Å². The first-order valence-electron chi connectivity index (χ1n) is 5.16. The van der Waals surface area contributed by atoms with Crippen molar-refractivity contribution in [1.29, 1.82) is 0 Å². The van der Waals surface area contributed by atoms with E-state index in [0.29, 0.717) is 6.54 Å². The molecule has 1 aliphatic rings. The van der Waals surface area contributed by atoms with Crippen molar-refractivity contribution in [2.75, 3.05) is 6.54 Å². The Balaban J connectivity index is 2.20. The molecule has 1 heterocycles. The van der Waals surface area contributed by atoms with Crippen molar-refractivity contribution in [2.24, 2.45) is 0 Å². The van der Waals surface area contributed by atoms with E-state index in [9.17, 15) is 9.59 Å². The highest BCUT2D eigenvalue weighted by Gasteiger charge is 2.46. The van der Waals surface area contributed by atoms with Crippen molar-refractivity contribution in [3.63, 3.8) is 0 Å². The molecule has 1 saturated heterocycles. The maximum absolute atomic E-state index is 11.2. The Hall–Kier alpha value is -1.84. The predicted octanol–water partition coefficient (Wildman–Crippen LogP) is 1.09. The first-order valence-corrected chi connectivity index (χ1v) is 5.16. The zero-order valence-electron chi connectivity index (χ0n) is 8.96. The van der Waals surface area contributed by atoms with Crippen LogP contribution in [-0.4, -0.2) is 34.5 Å². The van der Waals surface area contributed by atoms with Crippen LogP contribution < -0.4 is 0 Å². The molecule has 0 saturated carbocycles. The number of rotatable bonds is 2. The monoisotopic (exact) mass is 219 g/mol. The molecular formula is C12H13NO3. The van der Waals surface area contributed by atoms with Gasteiger partial charge in [-0.3, -0.25) is 4.79 Å². The molecule has 0 unspecified atom stereocenters. The molecule has 16 heavy (non-hydrogen) atoms. The number of carbonyl (C=O) groups is 2. The number of likely N-dealkylation sites (tertiary alicyclic amines) is 1. The maximum Gasteiger partial charge on any atom is 0.327 e. The van der Waals surface area contributed by atoms with E-state index in [1.54, 1.807) is 0 Å². The molecular weight excluding hydrogens is 206 g/mol. The van der Waals surface area contributed by atoms with Crippen LogP contribution in [0.4, 0.5) is 0 Å². The van der Waals surface area contributed by atoms with Crippen LogP contribution in [0.1, 0.15) is 18.4 Å². The molecule has 0 bridgehead atoms. The summed E-state index contributed by atoms with van der Waals surface area (Å²) >= 11 is 0.